The van der Waals surface area contributed by atoms with Crippen LogP contribution in [0.1, 0.15) is 97.4 Å². The van der Waals surface area contributed by atoms with E-state index in [9.17, 15) is 27.2 Å². The fourth-order valence-electron chi connectivity index (χ4n) is 5.99. The molecular weight excluding hydrogens is 546 g/mol. The van der Waals surface area contributed by atoms with Gasteiger partial charge in [-0.05, 0) is 61.6 Å². The number of hydrogen-bond acceptors (Lipinski definition) is 7. The molecule has 0 spiro atoms. The molecule has 3 fully saturated rings. The number of carbonyl (C=O) groups is 2. The highest BCUT2D eigenvalue weighted by Crippen LogP contribution is 2.45. The van der Waals surface area contributed by atoms with Gasteiger partial charge in [0.15, 0.2) is 5.69 Å². The number of rotatable bonds is 9. The van der Waals surface area contributed by atoms with E-state index >= 15 is 0 Å². The van der Waals surface area contributed by atoms with Gasteiger partial charge in [0.05, 0.1) is 23.5 Å². The van der Waals surface area contributed by atoms with E-state index < -0.39 is 23.8 Å². The van der Waals surface area contributed by atoms with E-state index in [0.29, 0.717) is 22.9 Å². The highest BCUT2D eigenvalue weighted by atomic mass is 19.3. The number of amides is 2. The molecule has 6 rings (SSSR count). The summed E-state index contributed by atoms with van der Waals surface area (Å²) >= 11 is 0. The molecule has 0 aromatic carbocycles. The van der Waals surface area contributed by atoms with Crippen molar-refractivity contribution in [2.24, 2.45) is 17.8 Å². The van der Waals surface area contributed by atoms with Crippen LogP contribution in [0.4, 0.5) is 17.6 Å². The lowest BCUT2D eigenvalue weighted by Gasteiger charge is -2.34. The van der Waals surface area contributed by atoms with Crippen molar-refractivity contribution in [2.75, 3.05) is 0 Å². The van der Waals surface area contributed by atoms with Gasteiger partial charge in [-0.2, -0.15) is 0 Å². The predicted octanol–water partition coefficient (Wildman–Crippen LogP) is 4.72. The molecule has 3 aromatic rings. The molecule has 0 aliphatic heterocycles. The van der Waals surface area contributed by atoms with E-state index in [-0.39, 0.29) is 80.3 Å². The zero-order valence-corrected chi connectivity index (χ0v) is 22.5. The van der Waals surface area contributed by atoms with Crippen LogP contribution in [0, 0.1) is 24.7 Å². The van der Waals surface area contributed by atoms with Crippen LogP contribution in [-0.2, 0) is 4.79 Å². The lowest BCUT2D eigenvalue weighted by atomic mass is 9.79. The van der Waals surface area contributed by atoms with Gasteiger partial charge in [-0.1, -0.05) is 5.16 Å². The van der Waals surface area contributed by atoms with Crippen molar-refractivity contribution >= 4 is 17.6 Å². The minimum Gasteiger partial charge on any atom is -0.347 e. The second kappa shape index (κ2) is 10.4. The molecule has 3 aliphatic rings. The van der Waals surface area contributed by atoms with Gasteiger partial charge in [0.2, 0.25) is 23.5 Å². The monoisotopic (exact) mass is 577 g/mol. The second-order valence-corrected chi connectivity index (χ2v) is 11.8. The molecule has 41 heavy (non-hydrogen) atoms. The Morgan fingerprint density at radius 2 is 1.63 bits per heavy atom. The minimum atomic E-state index is -2.74. The summed E-state index contributed by atoms with van der Waals surface area (Å²) in [7, 11) is 0. The zero-order chi connectivity index (χ0) is 28.9. The first-order chi connectivity index (χ1) is 19.5. The van der Waals surface area contributed by atoms with Crippen molar-refractivity contribution in [3.05, 3.63) is 41.2 Å². The highest BCUT2D eigenvalue weighted by molar-refractivity contribution is 5.93. The first-order valence-corrected chi connectivity index (χ1v) is 14.0. The van der Waals surface area contributed by atoms with Crippen LogP contribution in [0.25, 0.3) is 5.78 Å². The van der Waals surface area contributed by atoms with Gasteiger partial charge in [-0.15, -0.1) is 0 Å². The number of imidazole rings is 1. The Bertz CT molecular complexity index is 1440. The number of fused-ring (bicyclic) bond motifs is 1. The first kappa shape index (κ1) is 27.6. The summed E-state index contributed by atoms with van der Waals surface area (Å²) in [4.78, 5) is 35.0. The zero-order valence-electron chi connectivity index (χ0n) is 22.5. The van der Waals surface area contributed by atoms with E-state index in [0.717, 1.165) is 12.8 Å². The number of nitrogens with zero attached hydrogens (tertiary/aromatic N) is 5. The van der Waals surface area contributed by atoms with Crippen LogP contribution < -0.4 is 10.6 Å². The largest absolute Gasteiger partial charge is 0.347 e. The van der Waals surface area contributed by atoms with Gasteiger partial charge in [-0.25, -0.2) is 32.2 Å². The number of nitrogens with one attached hydrogen (secondary N) is 2. The van der Waals surface area contributed by atoms with Crippen LogP contribution in [-0.4, -0.2) is 48.3 Å². The minimum absolute atomic E-state index is 0.00829. The summed E-state index contributed by atoms with van der Waals surface area (Å²) < 4.78 is 60.6. The second-order valence-electron chi connectivity index (χ2n) is 11.8. The van der Waals surface area contributed by atoms with E-state index in [4.69, 9.17) is 0 Å². The Labute approximate surface area is 232 Å². The molecule has 0 radical (unpaired) electrons. The maximum atomic E-state index is 13.9. The number of aryl methyl sites for hydroxylation is 1. The van der Waals surface area contributed by atoms with Crippen LogP contribution in [0.15, 0.2) is 23.1 Å². The van der Waals surface area contributed by atoms with E-state index in [1.54, 1.807) is 29.8 Å². The number of aromatic nitrogens is 5. The van der Waals surface area contributed by atoms with E-state index in [2.05, 4.69) is 35.5 Å². The molecule has 2 N–H and O–H groups in total. The lowest BCUT2D eigenvalue weighted by Crippen LogP contribution is -2.39. The molecule has 2 amide bonds. The molecular formula is C27H31F4N7O3. The fourth-order valence-corrected chi connectivity index (χ4v) is 5.99. The molecule has 3 aromatic heterocycles. The van der Waals surface area contributed by atoms with Gasteiger partial charge in [0, 0.05) is 44.5 Å². The average Bonchev–Trinajstić information content (AvgIpc) is 3.50. The summed E-state index contributed by atoms with van der Waals surface area (Å²) in [6.45, 7) is 1.58. The van der Waals surface area contributed by atoms with Crippen molar-refractivity contribution in [1.82, 2.24) is 35.3 Å². The fraction of sp³-hybridized carbons (Fsp3) is 0.630. The third kappa shape index (κ3) is 6.05. The van der Waals surface area contributed by atoms with E-state index in [1.807, 2.05) is 0 Å². The smallest absolute Gasteiger partial charge is 0.276 e. The van der Waals surface area contributed by atoms with Crippen molar-refractivity contribution in [2.45, 2.75) is 88.6 Å². The number of halogens is 4. The molecule has 2 atom stereocenters. The topological polar surface area (TPSA) is 127 Å². The van der Waals surface area contributed by atoms with Crippen molar-refractivity contribution < 1.29 is 31.8 Å². The van der Waals surface area contributed by atoms with Gasteiger partial charge < -0.3 is 10.6 Å². The van der Waals surface area contributed by atoms with Crippen LogP contribution in [0.3, 0.4) is 0 Å². The van der Waals surface area contributed by atoms with Crippen molar-refractivity contribution in [1.29, 1.82) is 0 Å². The third-order valence-corrected chi connectivity index (χ3v) is 8.45. The predicted molar refractivity (Wildman–Crippen MR) is 135 cm³/mol. The number of alkyl halides is 4. The maximum absolute atomic E-state index is 13.9. The van der Waals surface area contributed by atoms with Crippen LogP contribution in [0.2, 0.25) is 0 Å². The molecule has 0 bridgehead atoms. The van der Waals surface area contributed by atoms with Gasteiger partial charge >= 0.3 is 0 Å². The quantitative estimate of drug-likeness (QED) is 0.352. The molecule has 1 unspecified atom stereocenters. The Morgan fingerprint density at radius 1 is 0.976 bits per heavy atom. The molecule has 0 saturated heterocycles. The SMILES string of the molecule is Cc1nonc1C(=O)N[C@H](c1cn2ccc(C(NC(=O)CC3CC(F)(F)C3)C3CC3)nc2n1)C1CCC(F)(F)CC1. The normalized spacial score (nSPS) is 22.2. The summed E-state index contributed by atoms with van der Waals surface area (Å²) in [5, 5.41) is 13.2. The summed E-state index contributed by atoms with van der Waals surface area (Å²) in [6.07, 6.45) is 4.63. The molecule has 3 saturated carbocycles. The number of carbonyl (C=O) groups excluding carboxylic acids is 2. The molecule has 3 heterocycles. The Kier molecular flexibility index (Phi) is 6.97. The van der Waals surface area contributed by atoms with Crippen molar-refractivity contribution in [3.8, 4) is 0 Å². The Morgan fingerprint density at radius 3 is 2.27 bits per heavy atom. The highest BCUT2D eigenvalue weighted by Gasteiger charge is 2.46. The summed E-state index contributed by atoms with van der Waals surface area (Å²) in [5.74, 6) is -6.32. The van der Waals surface area contributed by atoms with E-state index in [1.165, 1.54) is 0 Å². The summed E-state index contributed by atoms with van der Waals surface area (Å²) in [5.41, 5.74) is 1.38. The van der Waals surface area contributed by atoms with Crippen LogP contribution in [0.5, 0.6) is 0 Å². The lowest BCUT2D eigenvalue weighted by molar-refractivity contribution is -0.134. The van der Waals surface area contributed by atoms with Gasteiger partial charge in [-0.3, -0.25) is 14.0 Å². The maximum Gasteiger partial charge on any atom is 0.276 e. The molecule has 220 valence electrons. The standard InChI is InChI=1S/C27H31F4N7O3/c1-14-21(37-41-36-14)24(40)35-23(17-4-7-26(28,29)8-5-17)19-13-38-9-6-18(32-25(38)33-19)22(16-2-3-16)34-20(39)10-15-11-27(30,31)12-15/h6,9,13,15-17,22-23H,2-5,7-8,10-12H2,1H3,(H,34,39)(H,35,40)/t22?,23-/m0/s1. The first-order valence-electron chi connectivity index (χ1n) is 14.0. The third-order valence-electron chi connectivity index (χ3n) is 8.45. The number of hydrogen-bond donors (Lipinski definition) is 2. The van der Waals surface area contributed by atoms with Crippen molar-refractivity contribution in [3.63, 3.8) is 0 Å². The van der Waals surface area contributed by atoms with Gasteiger partial charge in [0.1, 0.15) is 5.69 Å². The summed E-state index contributed by atoms with van der Waals surface area (Å²) in [6, 6.07) is 0.727. The Balaban J connectivity index is 1.23. The average molecular weight is 578 g/mol. The van der Waals surface area contributed by atoms with Crippen LogP contribution >= 0.6 is 0 Å². The van der Waals surface area contributed by atoms with Gasteiger partial charge in [0.25, 0.3) is 5.91 Å². The molecule has 3 aliphatic carbocycles. The molecule has 14 heteroatoms. The molecule has 10 nitrogen and oxygen atoms in total. The Hall–Kier alpha value is -3.58.